The van der Waals surface area contributed by atoms with Gasteiger partial charge in [-0.05, 0) is 49.9 Å². The zero-order valence-corrected chi connectivity index (χ0v) is 17.1. The van der Waals surface area contributed by atoms with Crippen LogP contribution in [0, 0.1) is 13.8 Å². The zero-order chi connectivity index (χ0) is 21.2. The van der Waals surface area contributed by atoms with Crippen molar-refractivity contribution in [1.82, 2.24) is 19.5 Å². The van der Waals surface area contributed by atoms with Crippen LogP contribution in [0.3, 0.4) is 0 Å². The molecular weight excluding hydrogens is 399 g/mol. The van der Waals surface area contributed by atoms with Crippen molar-refractivity contribution in [3.63, 3.8) is 0 Å². The van der Waals surface area contributed by atoms with Crippen LogP contribution in [0.25, 0.3) is 22.6 Å². The first-order valence-electron chi connectivity index (χ1n) is 9.27. The fourth-order valence-corrected chi connectivity index (χ4v) is 3.55. The molecule has 1 aromatic carbocycles. The zero-order valence-electron chi connectivity index (χ0n) is 16.2. The molecule has 156 valence electrons. The first-order chi connectivity index (χ1) is 13.7. The van der Waals surface area contributed by atoms with Crippen LogP contribution < -0.4 is 11.2 Å². The molecule has 2 aliphatic rings. The predicted molar refractivity (Wildman–Crippen MR) is 107 cm³/mol. The van der Waals surface area contributed by atoms with Crippen molar-refractivity contribution in [2.24, 2.45) is 0 Å². The molecule has 0 atom stereocenters. The minimum atomic E-state index is -4.42. The summed E-state index contributed by atoms with van der Waals surface area (Å²) in [5, 5.41) is 0. The van der Waals surface area contributed by atoms with E-state index in [9.17, 15) is 14.2 Å². The van der Waals surface area contributed by atoms with Gasteiger partial charge in [0.2, 0.25) is 0 Å². The average molecular weight is 422 g/mol. The first-order valence-corrected chi connectivity index (χ1v) is 10.8. The summed E-state index contributed by atoms with van der Waals surface area (Å²) in [6, 6.07) is 3.88. The van der Waals surface area contributed by atoms with E-state index in [1.54, 1.807) is 0 Å². The Hall–Kier alpha value is -2.39. The maximum absolute atomic E-state index is 12.2. The Balaban J connectivity index is 1.85. The third-order valence-corrected chi connectivity index (χ3v) is 5.28. The van der Waals surface area contributed by atoms with Gasteiger partial charge in [0.25, 0.3) is 5.56 Å². The van der Waals surface area contributed by atoms with Gasteiger partial charge in [0, 0.05) is 6.54 Å². The van der Waals surface area contributed by atoms with Gasteiger partial charge in [-0.15, -0.1) is 0 Å². The van der Waals surface area contributed by atoms with Gasteiger partial charge in [0.1, 0.15) is 0 Å². The fraction of sp³-hybridized carbons (Fsp3) is 0.444. The molecule has 0 aromatic heterocycles. The first kappa shape index (κ1) is 21.3. The van der Waals surface area contributed by atoms with Crippen LogP contribution in [0.1, 0.15) is 36.8 Å². The second-order valence-electron chi connectivity index (χ2n) is 6.97. The maximum Gasteiger partial charge on any atom is 0.469 e. The van der Waals surface area contributed by atoms with Crippen LogP contribution >= 0.6 is 7.82 Å². The normalized spacial score (nSPS) is 12.1. The number of aromatic nitrogens is 4. The largest absolute Gasteiger partial charge is 0.469 e. The second kappa shape index (κ2) is 8.54. The highest BCUT2D eigenvalue weighted by atomic mass is 31.2. The number of rotatable bonds is 8. The Morgan fingerprint density at radius 2 is 1.76 bits per heavy atom. The molecule has 2 aliphatic heterocycles. The Kier molecular flexibility index (Phi) is 6.28. The van der Waals surface area contributed by atoms with Crippen molar-refractivity contribution < 1.29 is 18.9 Å². The number of phosphoric acid groups is 1. The summed E-state index contributed by atoms with van der Waals surface area (Å²) in [4.78, 5) is 51.9. The van der Waals surface area contributed by atoms with E-state index in [0.717, 1.165) is 35.9 Å². The summed E-state index contributed by atoms with van der Waals surface area (Å²) in [5.41, 5.74) is 2.40. The number of nitrogens with zero attached hydrogens (tertiary/aromatic N) is 3. The molecule has 0 unspecified atom stereocenters. The number of hydrogen-bond acceptors (Lipinski definition) is 6. The summed E-state index contributed by atoms with van der Waals surface area (Å²) in [6.07, 6.45) is 2.75. The molecule has 0 spiro atoms. The molecule has 0 amide bonds. The highest BCUT2D eigenvalue weighted by Gasteiger charge is 2.19. The summed E-state index contributed by atoms with van der Waals surface area (Å²) in [6.45, 7) is 4.46. The van der Waals surface area contributed by atoms with Gasteiger partial charge in [-0.25, -0.2) is 14.3 Å². The number of benzene rings is 1. The van der Waals surface area contributed by atoms with Crippen LogP contribution in [0.4, 0.5) is 0 Å². The molecule has 0 saturated carbocycles. The standard InChI is InChI=1S/C18H23N4O6P/c1-11-9-13-14(10-12(11)2)22(7-5-3-4-6-8-28-29(25,26)27)16-15(19-13)17(23)21-18(24)20-16/h9-10H,3-8H2,1-2H3,(H,21,23,24)(H2,25,26,27). The van der Waals surface area contributed by atoms with E-state index < -0.39 is 19.1 Å². The predicted octanol–water partition coefficient (Wildman–Crippen LogP) is 1.87. The molecule has 1 aromatic rings. The van der Waals surface area contributed by atoms with Gasteiger partial charge in [-0.2, -0.15) is 4.98 Å². The number of H-pyrrole nitrogens is 1. The van der Waals surface area contributed by atoms with Gasteiger partial charge >= 0.3 is 13.5 Å². The third-order valence-electron chi connectivity index (χ3n) is 4.76. The number of aryl methyl sites for hydroxylation is 3. The Morgan fingerprint density at radius 1 is 1.07 bits per heavy atom. The van der Waals surface area contributed by atoms with E-state index in [1.807, 2.05) is 30.5 Å². The smallest absolute Gasteiger partial charge is 0.322 e. The molecule has 3 rings (SSSR count). The monoisotopic (exact) mass is 422 g/mol. The summed E-state index contributed by atoms with van der Waals surface area (Å²) < 4.78 is 16.9. The highest BCUT2D eigenvalue weighted by Crippen LogP contribution is 2.35. The fourth-order valence-electron chi connectivity index (χ4n) is 3.19. The highest BCUT2D eigenvalue weighted by molar-refractivity contribution is 7.46. The Labute approximate surface area is 166 Å². The molecule has 0 saturated heterocycles. The molecule has 0 radical (unpaired) electrons. The van der Waals surface area contributed by atoms with Crippen LogP contribution in [0.2, 0.25) is 0 Å². The molecule has 0 bridgehead atoms. The molecule has 2 heterocycles. The van der Waals surface area contributed by atoms with E-state index in [-0.39, 0.29) is 18.1 Å². The molecule has 11 heteroatoms. The molecule has 3 N–H and O–H groups in total. The number of phosphoric ester groups is 1. The quantitative estimate of drug-likeness (QED) is 0.283. The molecule has 0 aliphatic carbocycles. The lowest BCUT2D eigenvalue weighted by Crippen LogP contribution is -2.29. The van der Waals surface area contributed by atoms with Crippen molar-refractivity contribution >= 4 is 18.9 Å². The van der Waals surface area contributed by atoms with Crippen molar-refractivity contribution in [2.75, 3.05) is 6.61 Å². The van der Waals surface area contributed by atoms with Gasteiger partial charge in [-0.3, -0.25) is 14.3 Å². The van der Waals surface area contributed by atoms with E-state index in [0.29, 0.717) is 18.5 Å². The molecule has 10 nitrogen and oxygen atoms in total. The van der Waals surface area contributed by atoms with Gasteiger partial charge < -0.3 is 14.4 Å². The Bertz CT molecular complexity index is 1170. The minimum absolute atomic E-state index is 0.00646. The molecular formula is C18H23N4O6P. The summed E-state index contributed by atoms with van der Waals surface area (Å²) in [5.74, 6) is 0.249. The van der Waals surface area contributed by atoms with Gasteiger partial charge in [0.05, 0.1) is 17.6 Å². The Morgan fingerprint density at radius 3 is 2.48 bits per heavy atom. The van der Waals surface area contributed by atoms with E-state index in [4.69, 9.17) is 9.79 Å². The van der Waals surface area contributed by atoms with Crippen LogP contribution in [0.15, 0.2) is 21.7 Å². The average Bonchev–Trinajstić information content (AvgIpc) is 2.61. The lowest BCUT2D eigenvalue weighted by atomic mass is 10.1. The molecule has 0 fully saturated rings. The maximum atomic E-state index is 12.2. The van der Waals surface area contributed by atoms with Gasteiger partial charge in [0.15, 0.2) is 11.5 Å². The van der Waals surface area contributed by atoms with Gasteiger partial charge in [-0.1, -0.05) is 12.8 Å². The van der Waals surface area contributed by atoms with Crippen LogP contribution in [0.5, 0.6) is 0 Å². The van der Waals surface area contributed by atoms with Crippen molar-refractivity contribution in [3.05, 3.63) is 44.1 Å². The number of unbranched alkanes of at least 4 members (excludes halogenated alkanes) is 3. The third kappa shape index (κ3) is 5.16. The lowest BCUT2D eigenvalue weighted by molar-refractivity contribution is 0.193. The van der Waals surface area contributed by atoms with Crippen molar-refractivity contribution in [1.29, 1.82) is 0 Å². The number of aromatic amines is 1. The topological polar surface area (TPSA) is 147 Å². The van der Waals surface area contributed by atoms with Crippen molar-refractivity contribution in [3.8, 4) is 11.5 Å². The van der Waals surface area contributed by atoms with Crippen molar-refractivity contribution in [2.45, 2.75) is 46.1 Å². The SMILES string of the molecule is Cc1cc2nc3c(=O)[nH]c(=O)nc-3n(CCCCCCOP(=O)(O)O)c2cc1C. The lowest BCUT2D eigenvalue weighted by Gasteiger charge is -2.17. The second-order valence-corrected chi connectivity index (χ2v) is 8.21. The number of nitrogens with one attached hydrogen (secondary N) is 1. The summed E-state index contributed by atoms with van der Waals surface area (Å²) in [7, 11) is -4.42. The minimum Gasteiger partial charge on any atom is -0.322 e. The van der Waals surface area contributed by atoms with E-state index in [1.165, 1.54) is 0 Å². The van der Waals surface area contributed by atoms with Crippen LogP contribution in [-0.2, 0) is 15.6 Å². The van der Waals surface area contributed by atoms with Crippen LogP contribution in [-0.4, -0.2) is 35.9 Å². The van der Waals surface area contributed by atoms with E-state index >= 15 is 0 Å². The number of fused-ring (bicyclic) bond motifs is 2. The molecule has 29 heavy (non-hydrogen) atoms. The van der Waals surface area contributed by atoms with E-state index in [2.05, 4.69) is 19.5 Å². The summed E-state index contributed by atoms with van der Waals surface area (Å²) >= 11 is 0. The number of hydrogen-bond donors (Lipinski definition) is 3.